The number of benzene rings is 2. The van der Waals surface area contributed by atoms with Gasteiger partial charge in [-0.05, 0) is 36.5 Å². The molecule has 0 amide bonds. The van der Waals surface area contributed by atoms with Crippen LogP contribution in [0.1, 0.15) is 24.0 Å². The number of rotatable bonds is 7. The van der Waals surface area contributed by atoms with Crippen molar-refractivity contribution in [1.29, 1.82) is 0 Å². The van der Waals surface area contributed by atoms with Crippen molar-refractivity contribution in [3.8, 4) is 0 Å². The maximum Gasteiger partial charge on any atom is 0.0723 e. The molecule has 0 bridgehead atoms. The molecule has 21 heavy (non-hydrogen) atoms. The molecule has 3 nitrogen and oxygen atoms in total. The van der Waals surface area contributed by atoms with Crippen molar-refractivity contribution in [2.75, 3.05) is 12.0 Å². The summed E-state index contributed by atoms with van der Waals surface area (Å²) in [5, 5.41) is 4.30. The van der Waals surface area contributed by atoms with E-state index in [2.05, 4.69) is 22.7 Å². The lowest BCUT2D eigenvalue weighted by Crippen LogP contribution is -2.00. The number of ether oxygens (including phenoxy) is 1. The zero-order valence-electron chi connectivity index (χ0n) is 12.0. The van der Waals surface area contributed by atoms with Crippen LogP contribution < -0.4 is 5.43 Å². The van der Waals surface area contributed by atoms with E-state index in [0.717, 1.165) is 23.8 Å². The van der Waals surface area contributed by atoms with E-state index in [1.54, 1.807) is 0 Å². The van der Waals surface area contributed by atoms with Crippen molar-refractivity contribution < 1.29 is 4.74 Å². The van der Waals surface area contributed by atoms with Gasteiger partial charge in [0.05, 0.1) is 18.5 Å². The van der Waals surface area contributed by atoms with Crippen LogP contribution in [0.25, 0.3) is 0 Å². The van der Waals surface area contributed by atoms with Gasteiger partial charge in [-0.25, -0.2) is 0 Å². The Morgan fingerprint density at radius 1 is 1.05 bits per heavy atom. The Morgan fingerprint density at radius 3 is 2.62 bits per heavy atom. The summed E-state index contributed by atoms with van der Waals surface area (Å²) in [4.78, 5) is 0. The van der Waals surface area contributed by atoms with Crippen LogP contribution >= 0.6 is 0 Å². The first kappa shape index (κ1) is 13.8. The van der Waals surface area contributed by atoms with E-state index >= 15 is 0 Å². The van der Waals surface area contributed by atoms with Crippen molar-refractivity contribution in [3.05, 3.63) is 65.7 Å². The fraction of sp³-hybridized carbons (Fsp3) is 0.278. The first-order chi connectivity index (χ1) is 10.4. The van der Waals surface area contributed by atoms with Crippen LogP contribution in [0.3, 0.4) is 0 Å². The van der Waals surface area contributed by atoms with Crippen LogP contribution in [0.5, 0.6) is 0 Å². The lowest BCUT2D eigenvalue weighted by atomic mass is 10.1. The van der Waals surface area contributed by atoms with E-state index in [1.165, 1.54) is 18.4 Å². The molecule has 0 spiro atoms. The fourth-order valence-electron chi connectivity index (χ4n) is 2.10. The summed E-state index contributed by atoms with van der Waals surface area (Å²) >= 11 is 0. The highest BCUT2D eigenvalue weighted by atomic mass is 16.5. The summed E-state index contributed by atoms with van der Waals surface area (Å²) in [6.45, 7) is 1.54. The summed E-state index contributed by atoms with van der Waals surface area (Å²) in [6, 6.07) is 18.1. The molecule has 3 heteroatoms. The first-order valence-corrected chi connectivity index (χ1v) is 7.41. The molecule has 2 aromatic carbocycles. The molecule has 108 valence electrons. The van der Waals surface area contributed by atoms with Crippen LogP contribution in [0, 0.1) is 5.92 Å². The third kappa shape index (κ3) is 4.43. The number of nitrogens with one attached hydrogen (secondary N) is 1. The van der Waals surface area contributed by atoms with Gasteiger partial charge < -0.3 is 4.74 Å². The number of nitrogens with zero attached hydrogens (tertiary/aromatic N) is 1. The molecule has 0 atom stereocenters. The zero-order chi connectivity index (χ0) is 14.3. The maximum absolute atomic E-state index is 5.77. The molecule has 1 aliphatic rings. The predicted molar refractivity (Wildman–Crippen MR) is 86.5 cm³/mol. The quantitative estimate of drug-likeness (QED) is 0.613. The molecule has 0 aromatic heterocycles. The summed E-state index contributed by atoms with van der Waals surface area (Å²) in [5.41, 5.74) is 6.29. The Kier molecular flexibility index (Phi) is 4.64. The Labute approximate surface area is 125 Å². The van der Waals surface area contributed by atoms with Crippen molar-refractivity contribution in [2.45, 2.75) is 19.4 Å². The van der Waals surface area contributed by atoms with E-state index in [-0.39, 0.29) is 0 Å². The number of hydrazone groups is 1. The Morgan fingerprint density at radius 2 is 1.81 bits per heavy atom. The van der Waals surface area contributed by atoms with Gasteiger partial charge in [-0.2, -0.15) is 5.10 Å². The van der Waals surface area contributed by atoms with E-state index < -0.39 is 0 Å². The number of hydrogen-bond donors (Lipinski definition) is 1. The summed E-state index contributed by atoms with van der Waals surface area (Å²) in [7, 11) is 0. The van der Waals surface area contributed by atoms with Crippen molar-refractivity contribution in [1.82, 2.24) is 0 Å². The Hall–Kier alpha value is -2.13. The molecule has 1 saturated carbocycles. The SMILES string of the molecule is C(=NNc1ccccc1)c1ccccc1COCC1CC1. The van der Waals surface area contributed by atoms with Crippen LogP contribution in [-0.4, -0.2) is 12.8 Å². The average Bonchev–Trinajstić information content (AvgIpc) is 3.34. The van der Waals surface area contributed by atoms with Gasteiger partial charge in [0, 0.05) is 12.2 Å². The molecule has 0 aliphatic heterocycles. The smallest absolute Gasteiger partial charge is 0.0723 e. The summed E-state index contributed by atoms with van der Waals surface area (Å²) < 4.78 is 5.77. The van der Waals surface area contributed by atoms with E-state index in [0.29, 0.717) is 6.61 Å². The Bertz CT molecular complexity index is 591. The minimum Gasteiger partial charge on any atom is -0.376 e. The van der Waals surface area contributed by atoms with Crippen LogP contribution in [0.15, 0.2) is 59.7 Å². The molecule has 1 aliphatic carbocycles. The molecule has 3 rings (SSSR count). The van der Waals surface area contributed by atoms with E-state index in [9.17, 15) is 0 Å². The van der Waals surface area contributed by atoms with Gasteiger partial charge >= 0.3 is 0 Å². The average molecular weight is 280 g/mol. The highest BCUT2D eigenvalue weighted by Crippen LogP contribution is 2.29. The van der Waals surface area contributed by atoms with Crippen LogP contribution in [0.4, 0.5) is 5.69 Å². The van der Waals surface area contributed by atoms with Crippen LogP contribution in [0.2, 0.25) is 0 Å². The van der Waals surface area contributed by atoms with Gasteiger partial charge in [0.2, 0.25) is 0 Å². The van der Waals surface area contributed by atoms with Gasteiger partial charge in [0.1, 0.15) is 0 Å². The highest BCUT2D eigenvalue weighted by Gasteiger charge is 2.21. The second kappa shape index (κ2) is 7.04. The standard InChI is InChI=1S/C18H20N2O/c1-2-8-18(9-3-1)20-19-12-16-6-4-5-7-17(16)14-21-13-15-10-11-15/h1-9,12,15,20H,10-11,13-14H2. The number of anilines is 1. The third-order valence-corrected chi connectivity index (χ3v) is 3.53. The molecule has 0 unspecified atom stereocenters. The van der Waals surface area contributed by atoms with Crippen LogP contribution in [-0.2, 0) is 11.3 Å². The molecular formula is C18H20N2O. The zero-order valence-corrected chi connectivity index (χ0v) is 12.0. The molecule has 0 heterocycles. The Balaban J connectivity index is 1.58. The summed E-state index contributed by atoms with van der Waals surface area (Å²) in [6.07, 6.45) is 4.50. The molecule has 0 saturated heterocycles. The minimum absolute atomic E-state index is 0.657. The topological polar surface area (TPSA) is 33.6 Å². The van der Waals surface area contributed by atoms with Crippen molar-refractivity contribution in [3.63, 3.8) is 0 Å². The molecule has 0 radical (unpaired) electrons. The lowest BCUT2D eigenvalue weighted by Gasteiger charge is -2.07. The number of para-hydroxylation sites is 1. The van der Waals surface area contributed by atoms with Gasteiger partial charge in [-0.1, -0.05) is 42.5 Å². The van der Waals surface area contributed by atoms with Gasteiger partial charge in [-0.15, -0.1) is 0 Å². The predicted octanol–water partition coefficient (Wildman–Crippen LogP) is 4.06. The normalized spacial score (nSPS) is 14.5. The molecule has 2 aromatic rings. The first-order valence-electron chi connectivity index (χ1n) is 7.41. The minimum atomic E-state index is 0.657. The summed E-state index contributed by atoms with van der Waals surface area (Å²) in [5.74, 6) is 0.797. The van der Waals surface area contributed by atoms with E-state index in [4.69, 9.17) is 4.74 Å². The largest absolute Gasteiger partial charge is 0.376 e. The van der Waals surface area contributed by atoms with Crippen molar-refractivity contribution >= 4 is 11.9 Å². The number of hydrogen-bond acceptors (Lipinski definition) is 3. The van der Waals surface area contributed by atoms with Crippen molar-refractivity contribution in [2.24, 2.45) is 11.0 Å². The van der Waals surface area contributed by atoms with Gasteiger partial charge in [0.15, 0.2) is 0 Å². The van der Waals surface area contributed by atoms with Gasteiger partial charge in [0.25, 0.3) is 0 Å². The maximum atomic E-state index is 5.77. The second-order valence-electron chi connectivity index (χ2n) is 5.39. The molecule has 1 fully saturated rings. The second-order valence-corrected chi connectivity index (χ2v) is 5.39. The molecular weight excluding hydrogens is 260 g/mol. The van der Waals surface area contributed by atoms with Gasteiger partial charge in [-0.3, -0.25) is 5.43 Å². The molecule has 1 N–H and O–H groups in total. The highest BCUT2D eigenvalue weighted by molar-refractivity contribution is 5.82. The lowest BCUT2D eigenvalue weighted by molar-refractivity contribution is 0.111. The fourth-order valence-corrected chi connectivity index (χ4v) is 2.10. The third-order valence-electron chi connectivity index (χ3n) is 3.53. The monoisotopic (exact) mass is 280 g/mol. The van der Waals surface area contributed by atoms with E-state index in [1.807, 2.05) is 48.7 Å².